The third-order valence-corrected chi connectivity index (χ3v) is 4.46. The molecule has 1 aliphatic heterocycles. The van der Waals surface area contributed by atoms with Gasteiger partial charge in [0.15, 0.2) is 6.29 Å². The minimum Gasteiger partial charge on any atom is -0.466 e. The third kappa shape index (κ3) is 8.48. The van der Waals surface area contributed by atoms with Crippen molar-refractivity contribution >= 4 is 5.97 Å². The molecule has 0 bridgehead atoms. The molecule has 0 aromatic rings. The fourth-order valence-corrected chi connectivity index (χ4v) is 3.07. The van der Waals surface area contributed by atoms with E-state index in [2.05, 4.69) is 27.7 Å². The Kier molecular flexibility index (Phi) is 9.91. The fourth-order valence-electron chi connectivity index (χ4n) is 3.07. The van der Waals surface area contributed by atoms with E-state index in [0.717, 1.165) is 25.7 Å². The number of unbranched alkanes of at least 4 members (excludes halogenated alkanes) is 3. The van der Waals surface area contributed by atoms with Crippen LogP contribution in [0.5, 0.6) is 0 Å². The average molecular weight is 343 g/mol. The molecule has 24 heavy (non-hydrogen) atoms. The van der Waals surface area contributed by atoms with Crippen LogP contribution in [0.15, 0.2) is 0 Å². The molecule has 1 fully saturated rings. The van der Waals surface area contributed by atoms with Gasteiger partial charge in [-0.3, -0.25) is 4.79 Å². The first-order chi connectivity index (χ1) is 11.4. The normalized spacial score (nSPS) is 24.8. The van der Waals surface area contributed by atoms with Crippen LogP contribution in [-0.4, -0.2) is 31.1 Å². The van der Waals surface area contributed by atoms with E-state index in [0.29, 0.717) is 13.0 Å². The highest BCUT2D eigenvalue weighted by molar-refractivity contribution is 5.69. The van der Waals surface area contributed by atoms with Crippen molar-refractivity contribution in [2.45, 2.75) is 111 Å². The van der Waals surface area contributed by atoms with E-state index in [9.17, 15) is 4.79 Å². The summed E-state index contributed by atoms with van der Waals surface area (Å²) < 4.78 is 17.4. The number of ether oxygens (including phenoxy) is 3. The molecule has 142 valence electrons. The van der Waals surface area contributed by atoms with E-state index < -0.39 is 0 Å². The number of esters is 1. The maximum Gasteiger partial charge on any atom is 0.305 e. The first-order valence-corrected chi connectivity index (χ1v) is 9.83. The van der Waals surface area contributed by atoms with Gasteiger partial charge in [-0.1, -0.05) is 53.4 Å². The molecule has 0 aromatic carbocycles. The summed E-state index contributed by atoms with van der Waals surface area (Å²) in [6, 6.07) is 0. The second-order valence-corrected chi connectivity index (χ2v) is 8.00. The second kappa shape index (κ2) is 11.1. The van der Waals surface area contributed by atoms with Crippen molar-refractivity contribution in [2.75, 3.05) is 6.61 Å². The lowest BCUT2D eigenvalue weighted by molar-refractivity contribution is -0.281. The molecule has 1 heterocycles. The number of carbonyl (C=O) groups is 1. The van der Waals surface area contributed by atoms with Crippen molar-refractivity contribution in [3.05, 3.63) is 0 Å². The summed E-state index contributed by atoms with van der Waals surface area (Å²) in [5.41, 5.74) is -0.0263. The molecule has 0 amide bonds. The van der Waals surface area contributed by atoms with E-state index in [1.807, 2.05) is 6.92 Å². The van der Waals surface area contributed by atoms with Gasteiger partial charge in [-0.15, -0.1) is 0 Å². The monoisotopic (exact) mass is 342 g/mol. The molecule has 1 rings (SSSR count). The highest BCUT2D eigenvalue weighted by atomic mass is 16.7. The summed E-state index contributed by atoms with van der Waals surface area (Å²) in [7, 11) is 0. The van der Waals surface area contributed by atoms with Crippen molar-refractivity contribution in [3.8, 4) is 0 Å². The Labute approximate surface area is 148 Å². The highest BCUT2D eigenvalue weighted by Gasteiger charge is 2.36. The Morgan fingerprint density at radius 3 is 2.17 bits per heavy atom. The second-order valence-electron chi connectivity index (χ2n) is 8.00. The topological polar surface area (TPSA) is 44.8 Å². The molecule has 0 unspecified atom stereocenters. The van der Waals surface area contributed by atoms with Gasteiger partial charge in [0.05, 0.1) is 18.8 Å². The molecular formula is C20H38O4. The SMILES string of the molecule is CCCCCC[C@@H]1C[C@@H](CCCC(=O)OCC)O[C@H](C(C)(C)C)O1. The number of rotatable bonds is 10. The number of carbonyl (C=O) groups excluding carboxylic acids is 1. The van der Waals surface area contributed by atoms with Crippen LogP contribution >= 0.6 is 0 Å². The summed E-state index contributed by atoms with van der Waals surface area (Å²) >= 11 is 0. The van der Waals surface area contributed by atoms with Gasteiger partial charge in [0.25, 0.3) is 0 Å². The minimum atomic E-state index is -0.157. The Hall–Kier alpha value is -0.610. The van der Waals surface area contributed by atoms with Gasteiger partial charge in [0, 0.05) is 11.8 Å². The Morgan fingerprint density at radius 1 is 1.00 bits per heavy atom. The third-order valence-electron chi connectivity index (χ3n) is 4.46. The number of hydrogen-bond acceptors (Lipinski definition) is 4. The maximum atomic E-state index is 11.5. The molecule has 4 nitrogen and oxygen atoms in total. The van der Waals surface area contributed by atoms with E-state index in [1.165, 1.54) is 25.7 Å². The molecule has 0 aliphatic carbocycles. The standard InChI is InChI=1S/C20H38O4/c1-6-8-9-10-12-16-15-17(13-11-14-18(21)22-7-2)24-19(23-16)20(3,4)5/h16-17,19H,6-15H2,1-5H3/t16-,17-,19-/m1/s1. The summed E-state index contributed by atoms with van der Waals surface area (Å²) in [6.07, 6.45) is 9.65. The minimum absolute atomic E-state index is 0.0263. The van der Waals surface area contributed by atoms with E-state index in [4.69, 9.17) is 14.2 Å². The largest absolute Gasteiger partial charge is 0.466 e. The van der Waals surface area contributed by atoms with E-state index >= 15 is 0 Å². The van der Waals surface area contributed by atoms with Crippen LogP contribution in [0.25, 0.3) is 0 Å². The molecule has 3 atom stereocenters. The van der Waals surface area contributed by atoms with Gasteiger partial charge in [0.2, 0.25) is 0 Å². The van der Waals surface area contributed by atoms with Crippen molar-refractivity contribution in [1.29, 1.82) is 0 Å². The predicted octanol–water partition coefficient (Wildman–Crippen LogP) is 5.24. The van der Waals surface area contributed by atoms with Gasteiger partial charge in [0.1, 0.15) is 0 Å². The number of hydrogen-bond donors (Lipinski definition) is 0. The van der Waals surface area contributed by atoms with Crippen LogP contribution < -0.4 is 0 Å². The quantitative estimate of drug-likeness (QED) is 0.402. The Morgan fingerprint density at radius 2 is 1.62 bits per heavy atom. The average Bonchev–Trinajstić information content (AvgIpc) is 2.51. The van der Waals surface area contributed by atoms with Gasteiger partial charge in [-0.05, 0) is 32.6 Å². The first-order valence-electron chi connectivity index (χ1n) is 9.83. The summed E-state index contributed by atoms with van der Waals surface area (Å²) in [5.74, 6) is -0.104. The Bertz CT molecular complexity index is 348. The molecule has 0 N–H and O–H groups in total. The predicted molar refractivity (Wildman–Crippen MR) is 96.8 cm³/mol. The molecule has 0 radical (unpaired) electrons. The Balaban J connectivity index is 2.45. The van der Waals surface area contributed by atoms with E-state index in [1.54, 1.807) is 0 Å². The van der Waals surface area contributed by atoms with Crippen LogP contribution in [-0.2, 0) is 19.0 Å². The zero-order valence-corrected chi connectivity index (χ0v) is 16.4. The van der Waals surface area contributed by atoms with Crippen LogP contribution in [0, 0.1) is 5.41 Å². The maximum absolute atomic E-state index is 11.5. The van der Waals surface area contributed by atoms with Crippen LogP contribution in [0.3, 0.4) is 0 Å². The van der Waals surface area contributed by atoms with Crippen LogP contribution in [0.2, 0.25) is 0 Å². The molecule has 1 saturated heterocycles. The lowest BCUT2D eigenvalue weighted by Gasteiger charge is -2.41. The molecule has 0 spiro atoms. The van der Waals surface area contributed by atoms with Gasteiger partial charge < -0.3 is 14.2 Å². The van der Waals surface area contributed by atoms with Gasteiger partial charge in [-0.2, -0.15) is 0 Å². The van der Waals surface area contributed by atoms with Crippen molar-refractivity contribution < 1.29 is 19.0 Å². The van der Waals surface area contributed by atoms with E-state index in [-0.39, 0.29) is 29.9 Å². The van der Waals surface area contributed by atoms with Gasteiger partial charge >= 0.3 is 5.97 Å². The summed E-state index contributed by atoms with van der Waals surface area (Å²) in [4.78, 5) is 11.5. The summed E-state index contributed by atoms with van der Waals surface area (Å²) in [6.45, 7) is 11.0. The lowest BCUT2D eigenvalue weighted by Crippen LogP contribution is -2.44. The molecular weight excluding hydrogens is 304 g/mol. The smallest absolute Gasteiger partial charge is 0.305 e. The molecule has 4 heteroatoms. The zero-order valence-electron chi connectivity index (χ0n) is 16.4. The van der Waals surface area contributed by atoms with Crippen LogP contribution in [0.1, 0.15) is 92.4 Å². The summed E-state index contributed by atoms with van der Waals surface area (Å²) in [5, 5.41) is 0. The molecule has 0 aromatic heterocycles. The van der Waals surface area contributed by atoms with Crippen LogP contribution in [0.4, 0.5) is 0 Å². The highest BCUT2D eigenvalue weighted by Crippen LogP contribution is 2.34. The lowest BCUT2D eigenvalue weighted by atomic mass is 9.92. The van der Waals surface area contributed by atoms with Crippen molar-refractivity contribution in [1.82, 2.24) is 0 Å². The molecule has 1 aliphatic rings. The van der Waals surface area contributed by atoms with Crippen molar-refractivity contribution in [2.24, 2.45) is 5.41 Å². The zero-order chi connectivity index (χ0) is 18.0. The van der Waals surface area contributed by atoms with Gasteiger partial charge in [-0.25, -0.2) is 0 Å². The van der Waals surface area contributed by atoms with Crippen molar-refractivity contribution in [3.63, 3.8) is 0 Å². The molecule has 0 saturated carbocycles. The first kappa shape index (κ1) is 21.4. The fraction of sp³-hybridized carbons (Fsp3) is 0.950.